The average molecular weight is 413 g/mol. The van der Waals surface area contributed by atoms with Gasteiger partial charge in [-0.25, -0.2) is 10.4 Å². The molecule has 3 aromatic rings. The van der Waals surface area contributed by atoms with Gasteiger partial charge in [0.05, 0.1) is 16.7 Å². The molecule has 1 unspecified atom stereocenters. The first-order chi connectivity index (χ1) is 14.3. The number of anilines is 2. The van der Waals surface area contributed by atoms with Crippen LogP contribution in [0.4, 0.5) is 20.4 Å². The number of fused-ring (bicyclic) bond motifs is 2. The molecule has 2 aliphatic heterocycles. The first-order valence-electron chi connectivity index (χ1n) is 9.23. The van der Waals surface area contributed by atoms with Crippen molar-refractivity contribution in [2.24, 2.45) is 0 Å². The highest BCUT2D eigenvalue weighted by Gasteiger charge is 2.43. The van der Waals surface area contributed by atoms with Gasteiger partial charge in [-0.1, -0.05) is 6.07 Å². The molecule has 0 aliphatic carbocycles. The summed E-state index contributed by atoms with van der Waals surface area (Å²) in [4.78, 5) is 19.8. The number of benzene rings is 2. The van der Waals surface area contributed by atoms with E-state index in [9.17, 15) is 13.6 Å². The number of hydrogen-bond acceptors (Lipinski definition) is 6. The van der Waals surface area contributed by atoms with Gasteiger partial charge in [-0.05, 0) is 38.1 Å². The van der Waals surface area contributed by atoms with E-state index in [2.05, 4.69) is 36.3 Å². The number of carbonyl (C=O) groups excluding carboxylic acids is 1. The Labute approximate surface area is 169 Å². The van der Waals surface area contributed by atoms with Crippen molar-refractivity contribution in [3.63, 3.8) is 0 Å². The number of rotatable bonds is 3. The van der Waals surface area contributed by atoms with Gasteiger partial charge >= 0.3 is 6.29 Å². The summed E-state index contributed by atoms with van der Waals surface area (Å²) in [7, 11) is 0. The molecule has 0 fully saturated rings. The lowest BCUT2D eigenvalue weighted by molar-refractivity contribution is -0.286. The largest absolute Gasteiger partial charge is 0.586 e. The first-order valence-corrected chi connectivity index (χ1v) is 9.23. The van der Waals surface area contributed by atoms with Crippen LogP contribution in [-0.4, -0.2) is 28.2 Å². The van der Waals surface area contributed by atoms with Crippen LogP contribution in [0.5, 0.6) is 11.5 Å². The van der Waals surface area contributed by atoms with Crippen molar-refractivity contribution in [3.05, 3.63) is 53.7 Å². The lowest BCUT2D eigenvalue weighted by Gasteiger charge is -2.22. The van der Waals surface area contributed by atoms with E-state index >= 15 is 0 Å². The molecule has 10 heteroatoms. The Balaban J connectivity index is 1.37. The third-order valence-electron chi connectivity index (χ3n) is 4.78. The molecule has 1 aromatic heterocycles. The van der Waals surface area contributed by atoms with Gasteiger partial charge in [0, 0.05) is 29.4 Å². The topological polar surface area (TPSA) is 91.5 Å². The standard InChI is InChI=1S/C20H17F2N5O3/c1-10-6-11(2)27(26-10)13-5-3-4-12(7-13)18(28)25-19-23-14-8-16-17(9-15(14)24-19)30-20(21,22)29-16/h3-10,26H,1-2H3,(H2,23,24,25,28). The predicted molar refractivity (Wildman–Crippen MR) is 106 cm³/mol. The molecule has 5 rings (SSSR count). The van der Waals surface area contributed by atoms with Crippen LogP contribution in [0.15, 0.2) is 48.2 Å². The van der Waals surface area contributed by atoms with Gasteiger partial charge < -0.3 is 14.5 Å². The number of ether oxygens (including phenoxy) is 2. The van der Waals surface area contributed by atoms with Crippen molar-refractivity contribution >= 4 is 28.6 Å². The van der Waals surface area contributed by atoms with Gasteiger partial charge in [-0.3, -0.25) is 15.1 Å². The second kappa shape index (κ2) is 6.42. The zero-order chi connectivity index (χ0) is 21.0. The van der Waals surface area contributed by atoms with Crippen molar-refractivity contribution in [1.82, 2.24) is 15.4 Å². The van der Waals surface area contributed by atoms with Crippen molar-refractivity contribution in [3.8, 4) is 11.5 Å². The highest BCUT2D eigenvalue weighted by molar-refractivity contribution is 6.04. The number of amides is 1. The van der Waals surface area contributed by atoms with Gasteiger partial charge in [0.15, 0.2) is 11.5 Å². The van der Waals surface area contributed by atoms with Gasteiger partial charge in [-0.15, -0.1) is 8.78 Å². The summed E-state index contributed by atoms with van der Waals surface area (Å²) >= 11 is 0. The maximum atomic E-state index is 13.2. The second-order valence-corrected chi connectivity index (χ2v) is 7.13. The van der Waals surface area contributed by atoms with Gasteiger partial charge in [0.2, 0.25) is 5.95 Å². The zero-order valence-electron chi connectivity index (χ0n) is 16.0. The lowest BCUT2D eigenvalue weighted by Crippen LogP contribution is -2.35. The molecular formula is C20H17F2N5O3. The number of nitrogens with one attached hydrogen (secondary N) is 3. The average Bonchev–Trinajstić information content (AvgIpc) is 3.31. The first kappa shape index (κ1) is 18.4. The number of halogens is 2. The van der Waals surface area contributed by atoms with Crippen molar-refractivity contribution < 1.29 is 23.0 Å². The molecule has 0 bridgehead atoms. The molecule has 0 saturated carbocycles. The Kier molecular flexibility index (Phi) is 3.93. The molecule has 2 aromatic carbocycles. The third-order valence-corrected chi connectivity index (χ3v) is 4.78. The minimum Gasteiger partial charge on any atom is -0.395 e. The summed E-state index contributed by atoms with van der Waals surface area (Å²) in [5, 5.41) is 4.60. The maximum Gasteiger partial charge on any atom is 0.586 e. The Morgan fingerprint density at radius 1 is 1.23 bits per heavy atom. The van der Waals surface area contributed by atoms with E-state index in [1.807, 2.05) is 24.9 Å². The highest BCUT2D eigenvalue weighted by atomic mass is 19.3. The van der Waals surface area contributed by atoms with E-state index in [0.717, 1.165) is 11.4 Å². The van der Waals surface area contributed by atoms with Crippen LogP contribution >= 0.6 is 0 Å². The van der Waals surface area contributed by atoms with E-state index in [-0.39, 0.29) is 29.4 Å². The van der Waals surface area contributed by atoms with Crippen LogP contribution in [0.25, 0.3) is 11.0 Å². The fourth-order valence-electron chi connectivity index (χ4n) is 3.54. The Morgan fingerprint density at radius 3 is 2.73 bits per heavy atom. The fourth-order valence-corrected chi connectivity index (χ4v) is 3.54. The van der Waals surface area contributed by atoms with Crippen LogP contribution in [0.2, 0.25) is 0 Å². The number of carbonyl (C=O) groups is 1. The van der Waals surface area contributed by atoms with E-state index in [0.29, 0.717) is 16.6 Å². The molecule has 0 saturated heterocycles. The van der Waals surface area contributed by atoms with E-state index in [1.54, 1.807) is 18.2 Å². The summed E-state index contributed by atoms with van der Waals surface area (Å²) in [6, 6.07) is 10.0. The molecule has 3 N–H and O–H groups in total. The molecule has 2 aliphatic rings. The van der Waals surface area contributed by atoms with Crippen LogP contribution in [0.3, 0.4) is 0 Å². The SMILES string of the molecule is CC1=CC(C)NN1c1cccc(C(=O)Nc2nc3cc4c(cc3[nH]2)OC(F)(F)O4)c1. The minimum absolute atomic E-state index is 0.0995. The van der Waals surface area contributed by atoms with Crippen molar-refractivity contribution in [1.29, 1.82) is 0 Å². The van der Waals surface area contributed by atoms with Gasteiger partial charge in [0.1, 0.15) is 0 Å². The molecular weight excluding hydrogens is 396 g/mol. The fraction of sp³-hybridized carbons (Fsp3) is 0.200. The van der Waals surface area contributed by atoms with E-state index in [1.165, 1.54) is 12.1 Å². The molecule has 0 radical (unpaired) electrons. The Morgan fingerprint density at radius 2 is 2.00 bits per heavy atom. The number of nitrogens with zero attached hydrogens (tertiary/aromatic N) is 2. The number of hydrogen-bond donors (Lipinski definition) is 3. The van der Waals surface area contributed by atoms with Crippen LogP contribution in [0.1, 0.15) is 24.2 Å². The number of aromatic amines is 1. The molecule has 8 nitrogen and oxygen atoms in total. The van der Waals surface area contributed by atoms with Crippen LogP contribution < -0.4 is 25.2 Å². The Hall–Kier alpha value is -3.66. The van der Waals surface area contributed by atoms with E-state index in [4.69, 9.17) is 0 Å². The van der Waals surface area contributed by atoms with Crippen molar-refractivity contribution in [2.45, 2.75) is 26.2 Å². The highest BCUT2D eigenvalue weighted by Crippen LogP contribution is 2.42. The number of imidazole rings is 1. The minimum atomic E-state index is -3.70. The molecule has 0 spiro atoms. The summed E-state index contributed by atoms with van der Waals surface area (Å²) in [6.45, 7) is 4.02. The summed E-state index contributed by atoms with van der Waals surface area (Å²) < 4.78 is 35.2. The zero-order valence-corrected chi connectivity index (χ0v) is 16.0. The predicted octanol–water partition coefficient (Wildman–Crippen LogP) is 3.75. The van der Waals surface area contributed by atoms with Crippen LogP contribution in [0, 0.1) is 0 Å². The molecule has 154 valence electrons. The molecule has 3 heterocycles. The van der Waals surface area contributed by atoms with Gasteiger partial charge in [-0.2, -0.15) is 0 Å². The summed E-state index contributed by atoms with van der Waals surface area (Å²) in [6.07, 6.45) is -1.61. The van der Waals surface area contributed by atoms with Gasteiger partial charge in [0.25, 0.3) is 5.91 Å². The van der Waals surface area contributed by atoms with Crippen LogP contribution in [-0.2, 0) is 0 Å². The normalized spacial score (nSPS) is 19.3. The summed E-state index contributed by atoms with van der Waals surface area (Å²) in [5.41, 5.74) is 6.39. The van der Waals surface area contributed by atoms with Crippen molar-refractivity contribution in [2.75, 3.05) is 10.3 Å². The molecule has 1 atom stereocenters. The lowest BCUT2D eigenvalue weighted by atomic mass is 10.2. The Bertz CT molecular complexity index is 1160. The summed E-state index contributed by atoms with van der Waals surface area (Å²) in [5.74, 6) is -0.394. The number of H-pyrrole nitrogens is 1. The smallest absolute Gasteiger partial charge is 0.395 e. The maximum absolute atomic E-state index is 13.2. The van der Waals surface area contributed by atoms with E-state index < -0.39 is 6.29 Å². The number of allylic oxidation sites excluding steroid dienone is 1. The number of alkyl halides is 2. The molecule has 1 amide bonds. The number of aromatic nitrogens is 2. The quantitative estimate of drug-likeness (QED) is 0.606. The second-order valence-electron chi connectivity index (χ2n) is 7.13. The third kappa shape index (κ3) is 3.20. The number of hydrazine groups is 1. The monoisotopic (exact) mass is 413 g/mol. The molecule has 30 heavy (non-hydrogen) atoms.